The van der Waals surface area contributed by atoms with Crippen LogP contribution in [0.25, 0.3) is 0 Å². The van der Waals surface area contributed by atoms with Crippen molar-refractivity contribution in [3.05, 3.63) is 0 Å². The minimum atomic E-state index is 0. The summed E-state index contributed by atoms with van der Waals surface area (Å²) in [5.41, 5.74) is 0. The average molecular weight is 255 g/mol. The van der Waals surface area contributed by atoms with E-state index in [1.54, 1.807) is 0 Å². The van der Waals surface area contributed by atoms with Crippen molar-refractivity contribution in [1.29, 1.82) is 0 Å². The summed E-state index contributed by atoms with van der Waals surface area (Å²) in [4.78, 5) is 11.3. The molecule has 0 rings (SSSR count). The lowest BCUT2D eigenvalue weighted by molar-refractivity contribution is -0.121. The first-order valence-corrected chi connectivity index (χ1v) is 6.53. The molecule has 0 heterocycles. The molecule has 0 aromatic rings. The molecule has 0 saturated carbocycles. The zero-order valence-corrected chi connectivity index (χ0v) is 11.5. The summed E-state index contributed by atoms with van der Waals surface area (Å²) in [6.45, 7) is 2.77. The van der Waals surface area contributed by atoms with Crippen molar-refractivity contribution in [3.63, 3.8) is 0 Å². The SMILES string of the molecule is CNC(C)CNC(=O)CCCCSC.Cl. The maximum Gasteiger partial charge on any atom is 0.220 e. The van der Waals surface area contributed by atoms with E-state index in [0.29, 0.717) is 12.5 Å². The predicted molar refractivity (Wildman–Crippen MR) is 71.0 cm³/mol. The number of thioether (sulfide) groups is 1. The summed E-state index contributed by atoms with van der Waals surface area (Å²) in [6, 6.07) is 0.352. The van der Waals surface area contributed by atoms with Gasteiger partial charge in [0.15, 0.2) is 0 Å². The number of nitrogens with one attached hydrogen (secondary N) is 2. The molecule has 0 bridgehead atoms. The first kappa shape index (κ1) is 17.5. The summed E-state index contributed by atoms with van der Waals surface area (Å²) in [6.07, 6.45) is 4.89. The van der Waals surface area contributed by atoms with Gasteiger partial charge in [-0.25, -0.2) is 0 Å². The summed E-state index contributed by atoms with van der Waals surface area (Å²) in [7, 11) is 1.90. The number of halogens is 1. The van der Waals surface area contributed by atoms with Crippen molar-refractivity contribution < 1.29 is 4.79 Å². The molecule has 0 saturated heterocycles. The highest BCUT2D eigenvalue weighted by Crippen LogP contribution is 2.01. The molecule has 92 valence electrons. The molecule has 15 heavy (non-hydrogen) atoms. The van der Waals surface area contributed by atoms with Gasteiger partial charge in [0.2, 0.25) is 5.91 Å². The van der Waals surface area contributed by atoms with Crippen molar-refractivity contribution >= 4 is 30.1 Å². The van der Waals surface area contributed by atoms with Crippen LogP contribution in [0.2, 0.25) is 0 Å². The summed E-state index contributed by atoms with van der Waals surface area (Å²) < 4.78 is 0. The smallest absolute Gasteiger partial charge is 0.220 e. The van der Waals surface area contributed by atoms with Crippen LogP contribution in [0.4, 0.5) is 0 Å². The normalized spacial score (nSPS) is 11.7. The molecular formula is C10H23ClN2OS. The molecule has 0 aromatic heterocycles. The first-order valence-electron chi connectivity index (χ1n) is 5.13. The number of carbonyl (C=O) groups is 1. The van der Waals surface area contributed by atoms with Crippen molar-refractivity contribution in [2.24, 2.45) is 0 Å². The fourth-order valence-corrected chi connectivity index (χ4v) is 1.48. The Morgan fingerprint density at radius 3 is 2.60 bits per heavy atom. The van der Waals surface area contributed by atoms with E-state index in [2.05, 4.69) is 16.9 Å². The van der Waals surface area contributed by atoms with Gasteiger partial charge in [0, 0.05) is 19.0 Å². The Hall–Kier alpha value is 0.0700. The standard InChI is InChI=1S/C10H22N2OS.ClH/c1-9(11-2)8-12-10(13)6-4-5-7-14-3;/h9,11H,4-8H2,1-3H3,(H,12,13);1H. The topological polar surface area (TPSA) is 41.1 Å². The summed E-state index contributed by atoms with van der Waals surface area (Å²) >= 11 is 1.83. The van der Waals surface area contributed by atoms with E-state index in [1.807, 2.05) is 25.7 Å². The van der Waals surface area contributed by atoms with Crippen LogP contribution in [-0.4, -0.2) is 37.6 Å². The molecular weight excluding hydrogens is 232 g/mol. The minimum Gasteiger partial charge on any atom is -0.355 e. The highest BCUT2D eigenvalue weighted by molar-refractivity contribution is 7.98. The van der Waals surface area contributed by atoms with Crippen LogP contribution in [-0.2, 0) is 4.79 Å². The lowest BCUT2D eigenvalue weighted by Crippen LogP contribution is -2.37. The van der Waals surface area contributed by atoms with Crippen molar-refractivity contribution in [3.8, 4) is 0 Å². The van der Waals surface area contributed by atoms with E-state index in [1.165, 1.54) is 0 Å². The Bertz CT molecular complexity index is 158. The predicted octanol–water partition coefficient (Wildman–Crippen LogP) is 1.67. The highest BCUT2D eigenvalue weighted by atomic mass is 35.5. The maximum atomic E-state index is 11.3. The molecule has 0 aliphatic rings. The number of rotatable bonds is 8. The van der Waals surface area contributed by atoms with E-state index < -0.39 is 0 Å². The Labute approximate surface area is 104 Å². The monoisotopic (exact) mass is 254 g/mol. The Morgan fingerprint density at radius 2 is 2.07 bits per heavy atom. The fraction of sp³-hybridized carbons (Fsp3) is 0.900. The molecule has 0 radical (unpaired) electrons. The molecule has 1 unspecified atom stereocenters. The third kappa shape index (κ3) is 12.0. The second kappa shape index (κ2) is 12.1. The van der Waals surface area contributed by atoms with Gasteiger partial charge in [-0.15, -0.1) is 12.4 Å². The van der Waals surface area contributed by atoms with Gasteiger partial charge in [0.05, 0.1) is 0 Å². The molecule has 0 aliphatic carbocycles. The van der Waals surface area contributed by atoms with Gasteiger partial charge in [0.25, 0.3) is 0 Å². The highest BCUT2D eigenvalue weighted by Gasteiger charge is 2.02. The van der Waals surface area contributed by atoms with Crippen LogP contribution >= 0.6 is 24.2 Å². The van der Waals surface area contributed by atoms with E-state index in [4.69, 9.17) is 0 Å². The Kier molecular flexibility index (Phi) is 14.1. The number of likely N-dealkylation sites (N-methyl/N-ethyl adjacent to an activating group) is 1. The third-order valence-electron chi connectivity index (χ3n) is 2.10. The molecule has 0 aromatic carbocycles. The lowest BCUT2D eigenvalue weighted by Gasteiger charge is -2.11. The van der Waals surface area contributed by atoms with Gasteiger partial charge in [-0.3, -0.25) is 4.79 Å². The second-order valence-corrected chi connectivity index (χ2v) is 4.43. The van der Waals surface area contributed by atoms with Crippen LogP contribution < -0.4 is 10.6 Å². The van der Waals surface area contributed by atoms with Gasteiger partial charge >= 0.3 is 0 Å². The molecule has 1 amide bonds. The van der Waals surface area contributed by atoms with Crippen LogP contribution in [0.15, 0.2) is 0 Å². The molecule has 0 aliphatic heterocycles. The van der Waals surface area contributed by atoms with Gasteiger partial charge < -0.3 is 10.6 Å². The quantitative estimate of drug-likeness (QED) is 0.648. The molecule has 3 nitrogen and oxygen atoms in total. The van der Waals surface area contributed by atoms with Crippen LogP contribution in [0, 0.1) is 0 Å². The van der Waals surface area contributed by atoms with E-state index >= 15 is 0 Å². The lowest BCUT2D eigenvalue weighted by atomic mass is 10.2. The molecule has 0 spiro atoms. The number of amides is 1. The summed E-state index contributed by atoms with van der Waals surface area (Å²) in [5, 5.41) is 5.98. The van der Waals surface area contributed by atoms with Gasteiger partial charge in [0.1, 0.15) is 0 Å². The third-order valence-corrected chi connectivity index (χ3v) is 2.80. The fourth-order valence-electron chi connectivity index (χ4n) is 0.989. The molecule has 0 fully saturated rings. The number of hydrogen-bond acceptors (Lipinski definition) is 3. The largest absolute Gasteiger partial charge is 0.355 e. The van der Waals surface area contributed by atoms with E-state index in [9.17, 15) is 4.79 Å². The zero-order chi connectivity index (χ0) is 10.8. The molecule has 2 N–H and O–H groups in total. The summed E-state index contributed by atoms with van der Waals surface area (Å²) in [5.74, 6) is 1.33. The molecule has 5 heteroatoms. The van der Waals surface area contributed by atoms with Crippen molar-refractivity contribution in [1.82, 2.24) is 10.6 Å². The van der Waals surface area contributed by atoms with Crippen LogP contribution in [0.5, 0.6) is 0 Å². The minimum absolute atomic E-state index is 0. The number of unbranched alkanes of at least 4 members (excludes halogenated alkanes) is 1. The van der Waals surface area contributed by atoms with Crippen molar-refractivity contribution in [2.75, 3.05) is 25.6 Å². The van der Waals surface area contributed by atoms with E-state index in [-0.39, 0.29) is 18.3 Å². The van der Waals surface area contributed by atoms with Gasteiger partial charge in [-0.05, 0) is 38.8 Å². The zero-order valence-electron chi connectivity index (χ0n) is 9.84. The first-order chi connectivity index (χ1) is 6.70. The van der Waals surface area contributed by atoms with Crippen LogP contribution in [0.1, 0.15) is 26.2 Å². The second-order valence-electron chi connectivity index (χ2n) is 3.44. The number of carbonyl (C=O) groups excluding carboxylic acids is 1. The Morgan fingerprint density at radius 1 is 1.40 bits per heavy atom. The average Bonchev–Trinajstić information content (AvgIpc) is 2.21. The van der Waals surface area contributed by atoms with Crippen LogP contribution in [0.3, 0.4) is 0 Å². The van der Waals surface area contributed by atoms with Gasteiger partial charge in [-0.1, -0.05) is 0 Å². The van der Waals surface area contributed by atoms with E-state index in [0.717, 1.165) is 25.1 Å². The van der Waals surface area contributed by atoms with Gasteiger partial charge in [-0.2, -0.15) is 11.8 Å². The molecule has 1 atom stereocenters. The van der Waals surface area contributed by atoms with Crippen molar-refractivity contribution in [2.45, 2.75) is 32.2 Å². The number of hydrogen-bond donors (Lipinski definition) is 2. The maximum absolute atomic E-state index is 11.3. The Balaban J connectivity index is 0.